The Bertz CT molecular complexity index is 752. The minimum absolute atomic E-state index is 0.0987. The molecular formula is C19H22N2O5. The Morgan fingerprint density at radius 1 is 1.35 bits per heavy atom. The SMILES string of the molecule is O=C1CC(C(=O)N2C[C@@H]3[C@H](CNC(=O)c4ccoc4)[C@H]4CC[C@]3(C2)O4)C1. The van der Waals surface area contributed by atoms with Crippen molar-refractivity contribution in [3.63, 3.8) is 0 Å². The van der Waals surface area contributed by atoms with Crippen LogP contribution in [-0.2, 0) is 14.3 Å². The number of ketones is 1. The average molecular weight is 358 g/mol. The van der Waals surface area contributed by atoms with E-state index >= 15 is 0 Å². The number of nitrogens with zero attached hydrogens (tertiary/aromatic N) is 1. The second-order valence-electron chi connectivity index (χ2n) is 8.11. The zero-order valence-electron chi connectivity index (χ0n) is 14.5. The van der Waals surface area contributed by atoms with Crippen molar-refractivity contribution in [3.05, 3.63) is 24.2 Å². The lowest BCUT2D eigenvalue weighted by Gasteiger charge is -2.29. The minimum atomic E-state index is -0.251. The summed E-state index contributed by atoms with van der Waals surface area (Å²) in [6.45, 7) is 1.85. The summed E-state index contributed by atoms with van der Waals surface area (Å²) in [5, 5.41) is 2.99. The summed E-state index contributed by atoms with van der Waals surface area (Å²) < 4.78 is 11.3. The number of furan rings is 1. The average Bonchev–Trinajstić information content (AvgIpc) is 3.36. The molecule has 1 saturated carbocycles. The molecule has 4 aliphatic rings. The van der Waals surface area contributed by atoms with Crippen LogP contribution in [0.3, 0.4) is 0 Å². The molecule has 1 aliphatic carbocycles. The third-order valence-electron chi connectivity index (χ3n) is 6.67. The van der Waals surface area contributed by atoms with Crippen LogP contribution in [-0.4, -0.2) is 53.8 Å². The Balaban J connectivity index is 1.25. The second kappa shape index (κ2) is 5.67. The summed E-state index contributed by atoms with van der Waals surface area (Å²) in [5.74, 6) is 0.481. The maximum atomic E-state index is 12.6. The van der Waals surface area contributed by atoms with E-state index in [1.54, 1.807) is 6.07 Å². The van der Waals surface area contributed by atoms with Crippen molar-refractivity contribution in [1.82, 2.24) is 10.2 Å². The summed E-state index contributed by atoms with van der Waals surface area (Å²) in [6, 6.07) is 1.64. The Hall–Kier alpha value is -2.15. The van der Waals surface area contributed by atoms with Gasteiger partial charge in [-0.15, -0.1) is 0 Å². The first kappa shape index (κ1) is 16.1. The van der Waals surface area contributed by atoms with Crippen LogP contribution in [0.5, 0.6) is 0 Å². The fourth-order valence-corrected chi connectivity index (χ4v) is 5.26. The Morgan fingerprint density at radius 2 is 2.19 bits per heavy atom. The molecule has 1 spiro atoms. The van der Waals surface area contributed by atoms with Gasteiger partial charge in [0.2, 0.25) is 5.91 Å². The maximum Gasteiger partial charge on any atom is 0.254 e. The maximum absolute atomic E-state index is 12.6. The molecule has 3 saturated heterocycles. The molecule has 4 atom stereocenters. The van der Waals surface area contributed by atoms with Gasteiger partial charge in [-0.05, 0) is 18.9 Å². The van der Waals surface area contributed by atoms with Crippen LogP contribution in [0, 0.1) is 17.8 Å². The summed E-state index contributed by atoms with van der Waals surface area (Å²) in [4.78, 5) is 37.9. The fourth-order valence-electron chi connectivity index (χ4n) is 5.26. The van der Waals surface area contributed by atoms with Crippen LogP contribution < -0.4 is 5.32 Å². The molecular weight excluding hydrogens is 336 g/mol. The van der Waals surface area contributed by atoms with Crippen LogP contribution in [0.25, 0.3) is 0 Å². The van der Waals surface area contributed by atoms with Crippen LogP contribution in [0.2, 0.25) is 0 Å². The number of carbonyl (C=O) groups excluding carboxylic acids is 3. The van der Waals surface area contributed by atoms with Crippen molar-refractivity contribution in [1.29, 1.82) is 0 Å². The zero-order chi connectivity index (χ0) is 17.9. The molecule has 0 unspecified atom stereocenters. The van der Waals surface area contributed by atoms with Crippen LogP contribution in [0.15, 0.2) is 23.0 Å². The van der Waals surface area contributed by atoms with Crippen molar-refractivity contribution < 1.29 is 23.5 Å². The number of nitrogens with one attached hydrogen (secondary N) is 1. The van der Waals surface area contributed by atoms with E-state index in [1.165, 1.54) is 12.5 Å². The molecule has 1 N–H and O–H groups in total. The predicted molar refractivity (Wildman–Crippen MR) is 89.2 cm³/mol. The minimum Gasteiger partial charge on any atom is -0.472 e. The largest absolute Gasteiger partial charge is 0.472 e. The zero-order valence-corrected chi connectivity index (χ0v) is 14.5. The monoisotopic (exact) mass is 358 g/mol. The summed E-state index contributed by atoms with van der Waals surface area (Å²) in [7, 11) is 0. The molecule has 4 fully saturated rings. The highest BCUT2D eigenvalue weighted by atomic mass is 16.5. The van der Waals surface area contributed by atoms with Crippen LogP contribution >= 0.6 is 0 Å². The number of fused-ring (bicyclic) bond motifs is 1. The van der Waals surface area contributed by atoms with E-state index in [2.05, 4.69) is 5.32 Å². The van der Waals surface area contributed by atoms with Gasteiger partial charge in [0.1, 0.15) is 12.0 Å². The molecule has 0 aromatic carbocycles. The van der Waals surface area contributed by atoms with Crippen molar-refractivity contribution >= 4 is 17.6 Å². The molecule has 2 bridgehead atoms. The molecule has 5 rings (SSSR count). The van der Waals surface area contributed by atoms with Gasteiger partial charge in [-0.25, -0.2) is 0 Å². The normalized spacial score (nSPS) is 35.5. The number of hydrogen-bond donors (Lipinski definition) is 1. The molecule has 1 aromatic rings. The molecule has 138 valence electrons. The van der Waals surface area contributed by atoms with Gasteiger partial charge in [-0.3, -0.25) is 14.4 Å². The first-order chi connectivity index (χ1) is 12.6. The molecule has 7 nitrogen and oxygen atoms in total. The fraction of sp³-hybridized carbons (Fsp3) is 0.632. The third-order valence-corrected chi connectivity index (χ3v) is 6.67. The highest BCUT2D eigenvalue weighted by molar-refractivity contribution is 5.96. The van der Waals surface area contributed by atoms with Crippen molar-refractivity contribution in [2.75, 3.05) is 19.6 Å². The van der Waals surface area contributed by atoms with Crippen LogP contribution in [0.4, 0.5) is 0 Å². The van der Waals surface area contributed by atoms with E-state index in [0.29, 0.717) is 38.0 Å². The first-order valence-corrected chi connectivity index (χ1v) is 9.34. The van der Waals surface area contributed by atoms with Gasteiger partial charge >= 0.3 is 0 Å². The molecule has 0 radical (unpaired) electrons. The standard InChI is InChI=1S/C19H22N2O5/c22-13-5-12(6-13)18(24)21-8-15-14(16-1-3-19(15,10-21)26-16)7-20-17(23)11-2-4-25-9-11/h2,4,9,12,14-16H,1,3,5-8,10H2,(H,20,23)/t14-,15+,16+,19+/m0/s1. The van der Waals surface area contributed by atoms with Crippen LogP contribution in [0.1, 0.15) is 36.0 Å². The number of Topliss-reactive ketones (excluding diaryl/α,β-unsaturated/α-hetero) is 1. The highest BCUT2D eigenvalue weighted by Gasteiger charge is 2.63. The molecule has 3 aliphatic heterocycles. The number of carbonyl (C=O) groups is 3. The third kappa shape index (κ3) is 2.33. The van der Waals surface area contributed by atoms with Crippen molar-refractivity contribution in [3.8, 4) is 0 Å². The topological polar surface area (TPSA) is 88.9 Å². The van der Waals surface area contributed by atoms with Gasteiger partial charge in [0.25, 0.3) is 5.91 Å². The smallest absolute Gasteiger partial charge is 0.254 e. The van der Waals surface area contributed by atoms with Gasteiger partial charge in [0.05, 0.1) is 36.0 Å². The lowest BCUT2D eigenvalue weighted by atomic mass is 9.73. The Morgan fingerprint density at radius 3 is 2.92 bits per heavy atom. The summed E-state index contributed by atoms with van der Waals surface area (Å²) in [6.07, 6.45) is 5.81. The number of rotatable bonds is 4. The van der Waals surface area contributed by atoms with E-state index in [0.717, 1.165) is 12.8 Å². The molecule has 7 heteroatoms. The van der Waals surface area contributed by atoms with E-state index in [4.69, 9.17) is 9.15 Å². The number of likely N-dealkylation sites (tertiary alicyclic amines) is 1. The van der Waals surface area contributed by atoms with Crippen molar-refractivity contribution in [2.45, 2.75) is 37.4 Å². The Labute approximate surface area is 151 Å². The van der Waals surface area contributed by atoms with E-state index in [1.807, 2.05) is 4.90 Å². The first-order valence-electron chi connectivity index (χ1n) is 9.34. The quantitative estimate of drug-likeness (QED) is 0.867. The van der Waals surface area contributed by atoms with E-state index < -0.39 is 0 Å². The number of amides is 2. The van der Waals surface area contributed by atoms with Gasteiger partial charge in [-0.1, -0.05) is 0 Å². The van der Waals surface area contributed by atoms with E-state index in [-0.39, 0.29) is 47.1 Å². The van der Waals surface area contributed by atoms with Crippen molar-refractivity contribution in [2.24, 2.45) is 17.8 Å². The number of hydrogen-bond acceptors (Lipinski definition) is 5. The van der Waals surface area contributed by atoms with E-state index in [9.17, 15) is 14.4 Å². The highest BCUT2D eigenvalue weighted by Crippen LogP contribution is 2.55. The number of ether oxygens (including phenoxy) is 1. The second-order valence-corrected chi connectivity index (χ2v) is 8.11. The van der Waals surface area contributed by atoms with Gasteiger partial charge in [-0.2, -0.15) is 0 Å². The lowest BCUT2D eigenvalue weighted by molar-refractivity contribution is -0.145. The molecule has 1 aromatic heterocycles. The Kier molecular flexibility index (Phi) is 3.50. The molecule has 2 amide bonds. The molecule has 4 heterocycles. The summed E-state index contributed by atoms with van der Waals surface area (Å²) >= 11 is 0. The van der Waals surface area contributed by atoms with Gasteiger partial charge < -0.3 is 19.4 Å². The lowest BCUT2D eigenvalue weighted by Crippen LogP contribution is -2.43. The summed E-state index contributed by atoms with van der Waals surface area (Å²) in [5.41, 5.74) is 0.265. The predicted octanol–water partition coefficient (Wildman–Crippen LogP) is 0.994. The van der Waals surface area contributed by atoms with Gasteiger partial charge in [0, 0.05) is 37.8 Å². The molecule has 26 heavy (non-hydrogen) atoms. The van der Waals surface area contributed by atoms with Gasteiger partial charge in [0.15, 0.2) is 0 Å².